The van der Waals surface area contributed by atoms with E-state index in [9.17, 15) is 14.7 Å². The number of benzene rings is 1. The van der Waals surface area contributed by atoms with Gasteiger partial charge in [-0.3, -0.25) is 10.2 Å². The van der Waals surface area contributed by atoms with E-state index in [0.29, 0.717) is 35.3 Å². The third kappa shape index (κ3) is 6.02. The zero-order valence-corrected chi connectivity index (χ0v) is 26.0. The SMILES string of the molecule is Br.CC(C)(C)c1cc(C(=O)CN2Cc3ccc(C4CC4)nc3C2=N)cc(N2CCCC2)c1OCC1CC(C(=O)O)=NO1. The summed E-state index contributed by atoms with van der Waals surface area (Å²) in [6.45, 7) is 8.75. The largest absolute Gasteiger partial charge is 0.487 e. The fourth-order valence-corrected chi connectivity index (χ4v) is 5.77. The number of nitrogens with one attached hydrogen (secondary N) is 1. The molecule has 224 valence electrons. The second-order valence-electron chi connectivity index (χ2n) is 12.5. The van der Waals surface area contributed by atoms with Crippen LogP contribution in [0.1, 0.15) is 91.7 Å². The number of rotatable bonds is 9. The summed E-state index contributed by atoms with van der Waals surface area (Å²) in [4.78, 5) is 39.2. The monoisotopic (exact) mass is 639 g/mol. The summed E-state index contributed by atoms with van der Waals surface area (Å²) in [6.07, 6.45) is 4.12. The number of nitrogens with zero attached hydrogens (tertiary/aromatic N) is 4. The van der Waals surface area contributed by atoms with E-state index in [1.807, 2.05) is 17.0 Å². The lowest BCUT2D eigenvalue weighted by Gasteiger charge is -2.30. The zero-order chi connectivity index (χ0) is 28.9. The van der Waals surface area contributed by atoms with Gasteiger partial charge >= 0.3 is 5.97 Å². The minimum absolute atomic E-state index is 0. The molecule has 4 aliphatic rings. The fraction of sp³-hybridized carbons (Fsp3) is 0.516. The highest BCUT2D eigenvalue weighted by molar-refractivity contribution is 8.93. The minimum Gasteiger partial charge on any atom is -0.487 e. The summed E-state index contributed by atoms with van der Waals surface area (Å²) in [7, 11) is 0. The standard InChI is InChI=1S/C31H37N5O5.BrH/c1-31(2,3)22-12-20(26(37)16-36-15-19-8-9-23(18-6-7-18)33-27(19)29(36)32)13-25(35-10-4-5-11-35)28(22)40-17-21-14-24(30(38)39)34-41-21;/h8-9,12-13,18,21,32H,4-7,10-11,14-17H2,1-3H3,(H,38,39);1H. The number of oxime groups is 1. The fourth-order valence-electron chi connectivity index (χ4n) is 5.77. The first-order valence-corrected chi connectivity index (χ1v) is 14.5. The van der Waals surface area contributed by atoms with Crippen molar-refractivity contribution in [3.8, 4) is 5.75 Å². The Balaban J connectivity index is 0.00000353. The number of halogens is 1. The molecule has 11 heteroatoms. The number of aromatic nitrogens is 1. The number of hydrogen-bond acceptors (Lipinski definition) is 8. The van der Waals surface area contributed by atoms with Gasteiger partial charge in [0, 0.05) is 54.4 Å². The molecule has 42 heavy (non-hydrogen) atoms. The molecule has 1 unspecified atom stereocenters. The van der Waals surface area contributed by atoms with Gasteiger partial charge < -0.3 is 24.5 Å². The maximum absolute atomic E-state index is 13.8. The molecule has 6 rings (SSSR count). The van der Waals surface area contributed by atoms with Crippen LogP contribution in [0.25, 0.3) is 0 Å². The molecular formula is C31H38BrN5O5. The molecule has 10 nitrogen and oxygen atoms in total. The number of aliphatic carboxylic acids is 1. The first-order chi connectivity index (χ1) is 19.6. The molecule has 0 spiro atoms. The molecule has 0 bridgehead atoms. The number of pyridine rings is 1. The van der Waals surface area contributed by atoms with E-state index in [1.165, 1.54) is 0 Å². The normalized spacial score (nSPS) is 19.7. The van der Waals surface area contributed by atoms with Crippen LogP contribution in [0.3, 0.4) is 0 Å². The predicted octanol–water partition coefficient (Wildman–Crippen LogP) is 5.07. The number of anilines is 1. The number of amidine groups is 1. The molecule has 0 amide bonds. The van der Waals surface area contributed by atoms with E-state index < -0.39 is 12.1 Å². The third-order valence-electron chi connectivity index (χ3n) is 8.27. The maximum Gasteiger partial charge on any atom is 0.353 e. The zero-order valence-electron chi connectivity index (χ0n) is 24.3. The molecule has 1 aromatic carbocycles. The Bertz CT molecular complexity index is 1440. The highest BCUT2D eigenvalue weighted by Crippen LogP contribution is 2.42. The van der Waals surface area contributed by atoms with Crippen LogP contribution >= 0.6 is 17.0 Å². The highest BCUT2D eigenvalue weighted by atomic mass is 79.9. The van der Waals surface area contributed by atoms with Crippen molar-refractivity contribution in [2.45, 2.75) is 76.9 Å². The number of carbonyl (C=O) groups excluding carboxylic acids is 1. The number of fused-ring (bicyclic) bond motifs is 1. The first-order valence-electron chi connectivity index (χ1n) is 14.5. The van der Waals surface area contributed by atoms with E-state index in [-0.39, 0.29) is 53.5 Å². The van der Waals surface area contributed by atoms with Crippen molar-refractivity contribution in [2.24, 2.45) is 5.16 Å². The Morgan fingerprint density at radius 3 is 2.55 bits per heavy atom. The smallest absolute Gasteiger partial charge is 0.353 e. The van der Waals surface area contributed by atoms with Crippen LogP contribution in [-0.4, -0.2) is 70.6 Å². The van der Waals surface area contributed by atoms with Gasteiger partial charge in [0.1, 0.15) is 23.9 Å². The Labute approximate surface area is 256 Å². The van der Waals surface area contributed by atoms with Crippen molar-refractivity contribution in [1.82, 2.24) is 9.88 Å². The van der Waals surface area contributed by atoms with Gasteiger partial charge in [0.05, 0.1) is 12.2 Å². The summed E-state index contributed by atoms with van der Waals surface area (Å²) in [5, 5.41) is 21.7. The van der Waals surface area contributed by atoms with Crippen molar-refractivity contribution < 1.29 is 24.3 Å². The molecule has 0 radical (unpaired) electrons. The van der Waals surface area contributed by atoms with Gasteiger partial charge in [0.2, 0.25) is 0 Å². The van der Waals surface area contributed by atoms with Gasteiger partial charge in [-0.2, -0.15) is 0 Å². The molecule has 4 heterocycles. The number of ketones is 1. The quantitative estimate of drug-likeness (QED) is 0.364. The lowest BCUT2D eigenvalue weighted by atomic mass is 9.84. The van der Waals surface area contributed by atoms with Gasteiger partial charge in [-0.05, 0) is 49.3 Å². The van der Waals surface area contributed by atoms with Crippen molar-refractivity contribution in [2.75, 3.05) is 31.1 Å². The summed E-state index contributed by atoms with van der Waals surface area (Å²) in [5.74, 6) is 0.377. The van der Waals surface area contributed by atoms with Crippen molar-refractivity contribution in [3.63, 3.8) is 0 Å². The third-order valence-corrected chi connectivity index (χ3v) is 8.27. The van der Waals surface area contributed by atoms with Crippen LogP contribution in [0.2, 0.25) is 0 Å². The average Bonchev–Trinajstić information content (AvgIpc) is 3.31. The van der Waals surface area contributed by atoms with Gasteiger partial charge in [-0.1, -0.05) is 32.0 Å². The van der Waals surface area contributed by atoms with E-state index in [0.717, 1.165) is 61.3 Å². The Kier molecular flexibility index (Phi) is 8.33. The number of hydrogen-bond donors (Lipinski definition) is 2. The molecule has 1 aliphatic carbocycles. The van der Waals surface area contributed by atoms with Gasteiger partial charge in [0.15, 0.2) is 17.6 Å². The van der Waals surface area contributed by atoms with Crippen LogP contribution in [-0.2, 0) is 21.6 Å². The molecule has 2 N–H and O–H groups in total. The number of carboxylic acid groups (broad SMARTS) is 1. The van der Waals surface area contributed by atoms with Gasteiger partial charge in [-0.15, -0.1) is 17.0 Å². The van der Waals surface area contributed by atoms with E-state index >= 15 is 0 Å². The summed E-state index contributed by atoms with van der Waals surface area (Å²) >= 11 is 0. The lowest BCUT2D eigenvalue weighted by Crippen LogP contribution is -2.31. The predicted molar refractivity (Wildman–Crippen MR) is 165 cm³/mol. The summed E-state index contributed by atoms with van der Waals surface area (Å²) < 4.78 is 6.39. The molecule has 3 aliphatic heterocycles. The maximum atomic E-state index is 13.8. The topological polar surface area (TPSA) is 128 Å². The van der Waals surface area contributed by atoms with Gasteiger partial charge in [0.25, 0.3) is 0 Å². The minimum atomic E-state index is -1.09. The van der Waals surface area contributed by atoms with E-state index in [4.69, 9.17) is 20.0 Å². The van der Waals surface area contributed by atoms with Crippen molar-refractivity contribution in [3.05, 3.63) is 52.3 Å². The second kappa shape index (κ2) is 11.7. The molecule has 1 saturated carbocycles. The summed E-state index contributed by atoms with van der Waals surface area (Å²) in [5.41, 5.74) is 4.76. The van der Waals surface area contributed by atoms with E-state index in [2.05, 4.69) is 43.0 Å². The Hall–Kier alpha value is -3.47. The average molecular weight is 641 g/mol. The Morgan fingerprint density at radius 2 is 1.90 bits per heavy atom. The van der Waals surface area contributed by atoms with Crippen LogP contribution in [0, 0.1) is 5.41 Å². The molecule has 2 aromatic rings. The van der Waals surface area contributed by atoms with Crippen molar-refractivity contribution in [1.29, 1.82) is 5.41 Å². The molecule has 2 fully saturated rings. The highest BCUT2D eigenvalue weighted by Gasteiger charge is 2.34. The number of Topliss-reactive ketones (excluding diaryl/α,β-unsaturated/α-hetero) is 1. The molecule has 1 saturated heterocycles. The van der Waals surface area contributed by atoms with Crippen molar-refractivity contribution >= 4 is 46.0 Å². The van der Waals surface area contributed by atoms with Crippen LogP contribution in [0.15, 0.2) is 29.4 Å². The van der Waals surface area contributed by atoms with E-state index in [1.54, 1.807) is 0 Å². The van der Waals surface area contributed by atoms with Crippen LogP contribution in [0.4, 0.5) is 5.69 Å². The van der Waals surface area contributed by atoms with Crippen LogP contribution < -0.4 is 9.64 Å². The Morgan fingerprint density at radius 1 is 1.17 bits per heavy atom. The summed E-state index contributed by atoms with van der Waals surface area (Å²) in [6, 6.07) is 7.96. The number of carbonyl (C=O) groups is 2. The molecule has 1 atom stereocenters. The molecular weight excluding hydrogens is 602 g/mol. The van der Waals surface area contributed by atoms with Gasteiger partial charge in [-0.25, -0.2) is 9.78 Å². The first kappa shape index (κ1) is 30.0. The second-order valence-corrected chi connectivity index (χ2v) is 12.5. The number of ether oxygens (including phenoxy) is 1. The lowest BCUT2D eigenvalue weighted by molar-refractivity contribution is -0.129. The van der Waals surface area contributed by atoms with Crippen LogP contribution in [0.5, 0.6) is 5.75 Å². The number of carboxylic acids is 1. The molecule has 1 aromatic heterocycles.